The first-order valence-corrected chi connectivity index (χ1v) is 49.2. The second-order valence-corrected chi connectivity index (χ2v) is 39.3. The summed E-state index contributed by atoms with van der Waals surface area (Å²) in [4.78, 5) is 196. The predicted octanol–water partition coefficient (Wildman–Crippen LogP) is 16.5. The highest BCUT2D eigenvalue weighted by molar-refractivity contribution is 7.99. The van der Waals surface area contributed by atoms with Crippen LogP contribution in [0.1, 0.15) is 303 Å². The van der Waals surface area contributed by atoms with E-state index in [0.29, 0.717) is 98.2 Å². The lowest BCUT2D eigenvalue weighted by Crippen LogP contribution is -2.32. The summed E-state index contributed by atoms with van der Waals surface area (Å²) in [5.41, 5.74) is -3.26. The van der Waals surface area contributed by atoms with E-state index in [2.05, 4.69) is 19.2 Å². The number of amides is 1. The molecule has 2 rings (SSSR count). The zero-order chi connectivity index (χ0) is 107. The van der Waals surface area contributed by atoms with Crippen LogP contribution in [0.25, 0.3) is 0 Å². The molecule has 4 unspecified atom stereocenters. The summed E-state index contributed by atoms with van der Waals surface area (Å²) < 4.78 is 70.6. The van der Waals surface area contributed by atoms with Gasteiger partial charge in [-0.15, -0.1) is 0 Å². The van der Waals surface area contributed by atoms with E-state index in [-0.39, 0.29) is 157 Å². The maximum atomic E-state index is 11.9. The van der Waals surface area contributed by atoms with Crippen LogP contribution in [-0.2, 0) is 138 Å². The SMILES string of the molecule is CCC(C)(C)C(=O)OCC(C)COC(=O)CCSCC(C)(C)C(=O)OC.CCC(C)(C)C(=O)OCC(C)O.CCC(C)(C)C(=O)OCC(O)COC(=O)CCSCC(C)(C)C(=O)OC.CCC(C)(C)C(=O)OCCOC(=O)c1ccccc1.CCC(C)(C)C(=O)OCCOC(=O)c1ccccc1.CCCCC(CC)COC(=O)CCCCCOC(=O)NCCOC(=O)C(C)(C)CC.O=C=O.O=C=O. The van der Waals surface area contributed by atoms with Crippen molar-refractivity contribution in [2.75, 3.05) is 123 Å². The number of rotatable bonds is 57. The Balaban J connectivity index is -0.000000380. The zero-order valence-electron chi connectivity index (χ0n) is 87.7. The van der Waals surface area contributed by atoms with E-state index in [1.165, 1.54) is 44.2 Å². The van der Waals surface area contributed by atoms with E-state index >= 15 is 0 Å². The Bertz CT molecular complexity index is 3650. The van der Waals surface area contributed by atoms with Gasteiger partial charge in [0.2, 0.25) is 0 Å². The molecular weight excluding hydrogens is 1840 g/mol. The second-order valence-electron chi connectivity index (χ2n) is 37.1. The van der Waals surface area contributed by atoms with E-state index in [1.54, 1.807) is 83.1 Å². The van der Waals surface area contributed by atoms with E-state index < -0.39 is 85.5 Å². The van der Waals surface area contributed by atoms with Crippen LogP contribution in [0, 0.1) is 55.2 Å². The predicted molar refractivity (Wildman–Crippen MR) is 520 cm³/mol. The standard InChI is InChI=1S/C23H43NO6.C19H34O6S.C18H32O7S.2C15H20O4.C9H18O3.2CO2/c1-6-9-13-19(7-2)18-30-20(25)14-11-10-12-16-29-22(27)24-15-17-28-21(26)23(4,5)8-3;1-8-18(3,4)17(22)25-12-14(2)11-24-15(20)9-10-26-13-19(5,6)16(21)23-7;1-7-17(2,3)16(22)25-11-13(19)10-24-14(20)8-9-26-12-18(4,5)15(21)23-6;2*1-4-15(2,3)14(17)19-11-10-18-13(16)12-8-6-5-7-9-12;1-5-9(3,4)8(11)12-6-7(2)10;2*2-1-3/h19H,6-18H2,1-5H3,(H,24,27);14H,8-13H2,1-7H3;13,19H,7-12H2,1-6H3;2*5-9H,4,10-11H2,1-3H3;7,10H,5-6H2,1-4H3;;. The van der Waals surface area contributed by atoms with Crippen molar-refractivity contribution in [3.05, 3.63) is 71.8 Å². The van der Waals surface area contributed by atoms with Crippen LogP contribution in [0.5, 0.6) is 0 Å². The Hall–Kier alpha value is -9.80. The van der Waals surface area contributed by atoms with Crippen molar-refractivity contribution in [2.24, 2.45) is 55.2 Å². The number of carbonyl (C=O) groups excluding carboxylic acids is 18. The molecule has 0 aliphatic rings. The van der Waals surface area contributed by atoms with Gasteiger partial charge < -0.3 is 81.8 Å². The van der Waals surface area contributed by atoms with Gasteiger partial charge in [0.05, 0.1) is 121 Å². The summed E-state index contributed by atoms with van der Waals surface area (Å²) in [5, 5.41) is 21.2. The summed E-state index contributed by atoms with van der Waals surface area (Å²) in [6.07, 6.45) is 10.0. The summed E-state index contributed by atoms with van der Waals surface area (Å²) in [6.45, 7) is 49.9. The molecule has 37 heteroatoms. The minimum absolute atomic E-state index is 0.0542. The first kappa shape index (κ1) is 139. The van der Waals surface area contributed by atoms with E-state index in [1.807, 2.05) is 144 Å². The highest BCUT2D eigenvalue weighted by Gasteiger charge is 2.34. The molecule has 35 nitrogen and oxygen atoms in total. The van der Waals surface area contributed by atoms with Gasteiger partial charge in [-0.05, 0) is 212 Å². The lowest BCUT2D eigenvalue weighted by Gasteiger charge is -2.22. The van der Waals surface area contributed by atoms with Gasteiger partial charge in [-0.3, -0.25) is 52.7 Å². The molecule has 0 fully saturated rings. The number of carbonyl (C=O) groups is 14. The number of ether oxygens (including phenoxy) is 14. The van der Waals surface area contributed by atoms with Crippen molar-refractivity contribution in [3.63, 3.8) is 0 Å². The summed E-state index contributed by atoms with van der Waals surface area (Å²) in [5.74, 6) is -1.38. The monoisotopic (exact) mass is 2000 g/mol. The number of thioether (sulfide) groups is 2. The molecule has 0 aliphatic heterocycles. The van der Waals surface area contributed by atoms with Crippen molar-refractivity contribution in [2.45, 2.75) is 295 Å². The smallest absolute Gasteiger partial charge is 0.407 e. The van der Waals surface area contributed by atoms with Gasteiger partial charge in [0.25, 0.3) is 0 Å². The number of esters is 13. The first-order chi connectivity index (χ1) is 64.3. The molecule has 0 spiro atoms. The molecule has 2 aromatic carbocycles. The lowest BCUT2D eigenvalue weighted by molar-refractivity contribution is -0.193. The first-order valence-electron chi connectivity index (χ1n) is 46.9. The second kappa shape index (κ2) is 78.9. The number of hydrogen-bond acceptors (Lipinski definition) is 36. The number of hydrogen-bond donors (Lipinski definition) is 3. The Morgan fingerprint density at radius 1 is 0.348 bits per heavy atom. The van der Waals surface area contributed by atoms with Gasteiger partial charge in [0.1, 0.15) is 59.0 Å². The number of aliphatic hydroxyl groups excluding tert-OH is 2. The normalized spacial score (nSPS) is 11.9. The molecule has 0 bridgehead atoms. The lowest BCUT2D eigenvalue weighted by atomic mass is 9.91. The molecule has 0 saturated carbocycles. The molecule has 1 amide bonds. The van der Waals surface area contributed by atoms with Crippen LogP contribution in [0.2, 0.25) is 0 Å². The van der Waals surface area contributed by atoms with Crippen molar-refractivity contribution >= 4 is 120 Å². The molecule has 3 N–H and O–H groups in total. The summed E-state index contributed by atoms with van der Waals surface area (Å²) in [6, 6.07) is 17.4. The molecule has 0 aromatic heterocycles. The number of nitrogens with one attached hydrogen (secondary N) is 1. The van der Waals surface area contributed by atoms with Crippen molar-refractivity contribution in [1.29, 1.82) is 0 Å². The number of alkyl carbamates (subject to hydrolysis) is 1. The number of benzene rings is 2. The van der Waals surface area contributed by atoms with Crippen LogP contribution >= 0.6 is 23.5 Å². The molecule has 4 atom stereocenters. The average Bonchev–Trinajstić information content (AvgIpc) is 0.907. The average molecular weight is 2000 g/mol. The quantitative estimate of drug-likeness (QED) is 0.0314. The Labute approximate surface area is 828 Å². The molecule has 0 aliphatic carbocycles. The minimum Gasteiger partial charge on any atom is -0.469 e. The molecule has 0 saturated heterocycles. The van der Waals surface area contributed by atoms with E-state index in [9.17, 15) is 72.2 Å². The molecule has 2 aromatic rings. The molecule has 0 radical (unpaired) electrons. The fraction of sp³-hybridized carbons (Fsp3) is 0.723. The maximum Gasteiger partial charge on any atom is 0.407 e. The number of aliphatic hydroxyl groups is 2. The fourth-order valence-electron chi connectivity index (χ4n) is 9.02. The van der Waals surface area contributed by atoms with Crippen LogP contribution < -0.4 is 5.32 Å². The third-order valence-corrected chi connectivity index (χ3v) is 24.1. The fourth-order valence-corrected chi connectivity index (χ4v) is 11.2. The highest BCUT2D eigenvalue weighted by Crippen LogP contribution is 2.29. The Morgan fingerprint density at radius 2 is 0.659 bits per heavy atom. The Kier molecular flexibility index (Phi) is 79.5. The highest BCUT2D eigenvalue weighted by atomic mass is 32.2. The van der Waals surface area contributed by atoms with Gasteiger partial charge in [-0.1, -0.05) is 118 Å². The maximum absolute atomic E-state index is 11.9. The number of unbranched alkanes of at least 4 members (excludes halogenated alkanes) is 3. The summed E-state index contributed by atoms with van der Waals surface area (Å²) >= 11 is 2.97. The van der Waals surface area contributed by atoms with E-state index in [4.69, 9.17) is 90.6 Å². The number of methoxy groups -OCH3 is 2. The van der Waals surface area contributed by atoms with Crippen LogP contribution in [0.3, 0.4) is 0 Å². The Morgan fingerprint density at radius 3 is 1.01 bits per heavy atom. The topological polar surface area (TPSA) is 489 Å². The van der Waals surface area contributed by atoms with Crippen molar-refractivity contribution < 1.29 is 163 Å². The molecule has 792 valence electrons. The van der Waals surface area contributed by atoms with E-state index in [0.717, 1.165) is 38.5 Å². The van der Waals surface area contributed by atoms with Gasteiger partial charge in [-0.2, -0.15) is 42.7 Å². The largest absolute Gasteiger partial charge is 0.469 e. The molecule has 0 heterocycles. The third kappa shape index (κ3) is 71.6. The molecule has 138 heavy (non-hydrogen) atoms. The van der Waals surface area contributed by atoms with Gasteiger partial charge in [-0.25, -0.2) is 14.4 Å². The van der Waals surface area contributed by atoms with Gasteiger partial charge in [0.15, 0.2) is 0 Å². The van der Waals surface area contributed by atoms with Gasteiger partial charge >= 0.3 is 96.0 Å². The van der Waals surface area contributed by atoms with Gasteiger partial charge in [0, 0.05) is 35.4 Å². The summed E-state index contributed by atoms with van der Waals surface area (Å²) in [7, 11) is 2.71. The van der Waals surface area contributed by atoms with Crippen LogP contribution in [0.4, 0.5) is 4.79 Å². The van der Waals surface area contributed by atoms with Crippen molar-refractivity contribution in [1.82, 2.24) is 5.32 Å². The van der Waals surface area contributed by atoms with Crippen molar-refractivity contribution in [3.8, 4) is 0 Å². The molecular formula is C101H167NO34S2. The third-order valence-electron chi connectivity index (χ3n) is 21.3. The minimum atomic E-state index is -1.05. The zero-order valence-corrected chi connectivity index (χ0v) is 89.3. The van der Waals surface area contributed by atoms with Crippen LogP contribution in [-0.4, -0.2) is 241 Å². The van der Waals surface area contributed by atoms with Crippen LogP contribution in [0.15, 0.2) is 60.7 Å².